The third-order valence-electron chi connectivity index (χ3n) is 2.32. The van der Waals surface area contributed by atoms with Gasteiger partial charge in [-0.3, -0.25) is 5.41 Å². The zero-order valence-corrected chi connectivity index (χ0v) is 10.1. The second kappa shape index (κ2) is 5.27. The average Bonchev–Trinajstić information content (AvgIpc) is 2.37. The smallest absolute Gasteiger partial charge is 0.317 e. The van der Waals surface area contributed by atoms with Crippen LogP contribution in [0.4, 0.5) is 0 Å². The first-order valence-corrected chi connectivity index (χ1v) is 5.52. The minimum absolute atomic E-state index is 0.0925. The van der Waals surface area contributed by atoms with Crippen LogP contribution < -0.4 is 10.5 Å². The Kier molecular flexibility index (Phi) is 3.52. The van der Waals surface area contributed by atoms with Crippen LogP contribution in [0.25, 0.3) is 0 Å². The summed E-state index contributed by atoms with van der Waals surface area (Å²) in [4.78, 5) is 8.21. The van der Waals surface area contributed by atoms with Crippen LogP contribution in [0.5, 0.6) is 6.01 Å². The van der Waals surface area contributed by atoms with Gasteiger partial charge in [-0.25, -0.2) is 4.98 Å². The van der Waals surface area contributed by atoms with Crippen molar-refractivity contribution in [3.8, 4) is 6.01 Å². The van der Waals surface area contributed by atoms with Gasteiger partial charge in [-0.1, -0.05) is 30.3 Å². The summed E-state index contributed by atoms with van der Waals surface area (Å²) < 4.78 is 5.49. The number of nitrogen functional groups attached to an aromatic ring is 1. The summed E-state index contributed by atoms with van der Waals surface area (Å²) in [6.45, 7) is 2.20. The van der Waals surface area contributed by atoms with Crippen LogP contribution in [0.1, 0.15) is 17.0 Å². The van der Waals surface area contributed by atoms with Crippen molar-refractivity contribution in [2.45, 2.75) is 13.5 Å². The molecule has 1 aromatic heterocycles. The van der Waals surface area contributed by atoms with Crippen LogP contribution in [0, 0.1) is 12.3 Å². The molecule has 0 aliphatic carbocycles. The van der Waals surface area contributed by atoms with E-state index in [1.54, 1.807) is 6.07 Å². The highest BCUT2D eigenvalue weighted by atomic mass is 16.5. The molecule has 2 aromatic rings. The van der Waals surface area contributed by atoms with Crippen molar-refractivity contribution >= 4 is 5.84 Å². The predicted octanol–water partition coefficient (Wildman–Crippen LogP) is 1.65. The third-order valence-corrected chi connectivity index (χ3v) is 2.32. The Morgan fingerprint density at radius 1 is 1.28 bits per heavy atom. The molecule has 3 N–H and O–H groups in total. The van der Waals surface area contributed by atoms with Gasteiger partial charge in [-0.2, -0.15) is 4.98 Å². The Hall–Kier alpha value is -2.43. The Morgan fingerprint density at radius 3 is 2.67 bits per heavy atom. The molecule has 2 rings (SSSR count). The van der Waals surface area contributed by atoms with E-state index >= 15 is 0 Å². The number of amidine groups is 1. The minimum atomic E-state index is -0.0925. The molecule has 0 unspecified atom stereocenters. The van der Waals surface area contributed by atoms with E-state index in [4.69, 9.17) is 15.9 Å². The molecular formula is C13H14N4O. The van der Waals surface area contributed by atoms with Crippen LogP contribution in [0.15, 0.2) is 36.4 Å². The maximum Gasteiger partial charge on any atom is 0.317 e. The Labute approximate surface area is 105 Å². The predicted molar refractivity (Wildman–Crippen MR) is 68.6 cm³/mol. The summed E-state index contributed by atoms with van der Waals surface area (Å²) >= 11 is 0. The van der Waals surface area contributed by atoms with E-state index in [1.807, 2.05) is 37.3 Å². The van der Waals surface area contributed by atoms with E-state index in [1.165, 1.54) is 0 Å². The van der Waals surface area contributed by atoms with Crippen molar-refractivity contribution in [2.24, 2.45) is 5.73 Å². The summed E-state index contributed by atoms with van der Waals surface area (Å²) in [5.41, 5.74) is 7.53. The topological polar surface area (TPSA) is 84.9 Å². The fourth-order valence-corrected chi connectivity index (χ4v) is 1.47. The van der Waals surface area contributed by atoms with E-state index in [-0.39, 0.29) is 11.8 Å². The number of ether oxygens (including phenoxy) is 1. The normalized spacial score (nSPS) is 10.1. The van der Waals surface area contributed by atoms with Gasteiger partial charge in [0.05, 0.1) is 0 Å². The SMILES string of the molecule is Cc1cc(C(=N)N)nc(OCc2ccccc2)n1. The van der Waals surface area contributed by atoms with E-state index in [0.29, 0.717) is 12.3 Å². The molecule has 5 nitrogen and oxygen atoms in total. The lowest BCUT2D eigenvalue weighted by atomic mass is 10.2. The number of nitrogens with two attached hydrogens (primary N) is 1. The van der Waals surface area contributed by atoms with Crippen LogP contribution in [-0.4, -0.2) is 15.8 Å². The molecule has 0 fully saturated rings. The van der Waals surface area contributed by atoms with Crippen LogP contribution in [-0.2, 0) is 6.61 Å². The van der Waals surface area contributed by atoms with Gasteiger partial charge >= 0.3 is 6.01 Å². The second-order valence-electron chi connectivity index (χ2n) is 3.87. The van der Waals surface area contributed by atoms with E-state index in [0.717, 1.165) is 11.3 Å². The summed E-state index contributed by atoms with van der Waals surface area (Å²) in [5, 5.41) is 7.36. The number of aryl methyl sites for hydroxylation is 1. The average molecular weight is 242 g/mol. The standard InChI is InChI=1S/C13H14N4O/c1-9-7-11(12(14)15)17-13(16-9)18-8-10-5-3-2-4-6-10/h2-7H,8H2,1H3,(H3,14,15). The highest BCUT2D eigenvalue weighted by Gasteiger charge is 2.05. The number of nitrogens with one attached hydrogen (secondary N) is 1. The Bertz CT molecular complexity index is 554. The lowest BCUT2D eigenvalue weighted by Crippen LogP contribution is -2.15. The Morgan fingerprint density at radius 2 is 2.00 bits per heavy atom. The van der Waals surface area contributed by atoms with Gasteiger partial charge in [-0.05, 0) is 18.6 Å². The molecule has 0 spiro atoms. The molecule has 0 aliphatic heterocycles. The molecule has 0 atom stereocenters. The van der Waals surface area contributed by atoms with E-state index in [9.17, 15) is 0 Å². The van der Waals surface area contributed by atoms with Gasteiger partial charge in [0.2, 0.25) is 0 Å². The molecule has 0 amide bonds. The Balaban J connectivity index is 2.12. The molecule has 0 radical (unpaired) electrons. The van der Waals surface area contributed by atoms with Gasteiger partial charge in [0.1, 0.15) is 18.1 Å². The summed E-state index contributed by atoms with van der Waals surface area (Å²) in [6.07, 6.45) is 0. The largest absolute Gasteiger partial charge is 0.459 e. The van der Waals surface area contributed by atoms with Crippen molar-refractivity contribution in [1.82, 2.24) is 9.97 Å². The molecule has 92 valence electrons. The monoisotopic (exact) mass is 242 g/mol. The first kappa shape index (κ1) is 12.0. The van der Waals surface area contributed by atoms with E-state index in [2.05, 4.69) is 9.97 Å². The van der Waals surface area contributed by atoms with Crippen molar-refractivity contribution in [3.63, 3.8) is 0 Å². The fourth-order valence-electron chi connectivity index (χ4n) is 1.47. The fraction of sp³-hybridized carbons (Fsp3) is 0.154. The molecule has 0 saturated carbocycles. The van der Waals surface area contributed by atoms with Gasteiger partial charge in [0.25, 0.3) is 0 Å². The van der Waals surface area contributed by atoms with Crippen molar-refractivity contribution in [2.75, 3.05) is 0 Å². The first-order valence-electron chi connectivity index (χ1n) is 5.52. The lowest BCUT2D eigenvalue weighted by molar-refractivity contribution is 0.280. The number of rotatable bonds is 4. The summed E-state index contributed by atoms with van der Waals surface area (Å²) in [6, 6.07) is 11.6. The molecule has 0 bridgehead atoms. The zero-order chi connectivity index (χ0) is 13.0. The molecule has 0 aliphatic rings. The number of hydrogen-bond donors (Lipinski definition) is 2. The maximum atomic E-state index is 7.36. The first-order chi connectivity index (χ1) is 8.65. The quantitative estimate of drug-likeness (QED) is 0.630. The third kappa shape index (κ3) is 3.04. The molecule has 1 heterocycles. The molecule has 0 saturated heterocycles. The summed E-state index contributed by atoms with van der Waals surface area (Å²) in [7, 11) is 0. The highest BCUT2D eigenvalue weighted by Crippen LogP contribution is 2.09. The van der Waals surface area contributed by atoms with Crippen LogP contribution >= 0.6 is 0 Å². The van der Waals surface area contributed by atoms with Crippen LogP contribution in [0.3, 0.4) is 0 Å². The van der Waals surface area contributed by atoms with Gasteiger partial charge < -0.3 is 10.5 Å². The maximum absolute atomic E-state index is 7.36. The van der Waals surface area contributed by atoms with Gasteiger partial charge in [0, 0.05) is 5.69 Å². The number of benzene rings is 1. The summed E-state index contributed by atoms with van der Waals surface area (Å²) in [5.74, 6) is -0.0925. The van der Waals surface area contributed by atoms with Crippen LogP contribution in [0.2, 0.25) is 0 Å². The molecule has 5 heteroatoms. The van der Waals surface area contributed by atoms with Crippen molar-refractivity contribution < 1.29 is 4.74 Å². The lowest BCUT2D eigenvalue weighted by Gasteiger charge is -2.06. The van der Waals surface area contributed by atoms with Gasteiger partial charge in [-0.15, -0.1) is 0 Å². The zero-order valence-electron chi connectivity index (χ0n) is 10.1. The molecular weight excluding hydrogens is 228 g/mol. The number of hydrogen-bond acceptors (Lipinski definition) is 4. The number of aromatic nitrogens is 2. The highest BCUT2D eigenvalue weighted by molar-refractivity contribution is 5.93. The number of nitrogens with zero attached hydrogens (tertiary/aromatic N) is 2. The molecule has 18 heavy (non-hydrogen) atoms. The van der Waals surface area contributed by atoms with E-state index < -0.39 is 0 Å². The minimum Gasteiger partial charge on any atom is -0.459 e. The second-order valence-corrected chi connectivity index (χ2v) is 3.87. The molecule has 1 aromatic carbocycles. The van der Waals surface area contributed by atoms with Gasteiger partial charge in [0.15, 0.2) is 0 Å². The van der Waals surface area contributed by atoms with Crippen molar-refractivity contribution in [3.05, 3.63) is 53.3 Å². The van der Waals surface area contributed by atoms with Crippen molar-refractivity contribution in [1.29, 1.82) is 5.41 Å².